The number of para-hydroxylation sites is 2. The number of hydrogen-bond donors (Lipinski definition) is 3. The molecule has 0 atom stereocenters. The molecule has 0 aliphatic carbocycles. The van der Waals surface area contributed by atoms with Gasteiger partial charge < -0.3 is 16.4 Å². The van der Waals surface area contributed by atoms with E-state index in [1.165, 1.54) is 12.1 Å². The molecule has 0 unspecified atom stereocenters. The van der Waals surface area contributed by atoms with Crippen LogP contribution < -0.4 is 16.4 Å². The second kappa shape index (κ2) is 11.0. The van der Waals surface area contributed by atoms with Crippen molar-refractivity contribution in [3.8, 4) is 11.1 Å². The molecule has 0 saturated carbocycles. The molecular weight excluding hydrogens is 479 g/mol. The molecule has 2 amide bonds. The molecule has 0 bridgehead atoms. The summed E-state index contributed by atoms with van der Waals surface area (Å²) in [6.45, 7) is 0. The standard InChI is InChI=1S/C29H24F3N3O2/c30-29(31,32)21-14-12-20(13-15-21)23-5-1-2-6-24(23)28(37)34-22-16-9-19(10-17-22)11-18-27(36)35-26-8-4-3-7-25(26)33/h1-10,12-17H,11,18,33H2,(H,34,37)(H,35,36). The number of hydrogen-bond acceptors (Lipinski definition) is 3. The van der Waals surface area contributed by atoms with Gasteiger partial charge in [-0.1, -0.05) is 54.6 Å². The average Bonchev–Trinajstić information content (AvgIpc) is 2.89. The van der Waals surface area contributed by atoms with Crippen molar-refractivity contribution in [1.82, 2.24) is 0 Å². The highest BCUT2D eigenvalue weighted by atomic mass is 19.4. The van der Waals surface area contributed by atoms with Crippen LogP contribution in [0.25, 0.3) is 11.1 Å². The normalized spacial score (nSPS) is 11.1. The summed E-state index contributed by atoms with van der Waals surface area (Å²) < 4.78 is 38.7. The molecule has 0 aliphatic heterocycles. The van der Waals surface area contributed by atoms with Crippen LogP contribution in [-0.2, 0) is 17.4 Å². The maximum atomic E-state index is 13.0. The molecule has 37 heavy (non-hydrogen) atoms. The minimum atomic E-state index is -4.43. The number of carbonyl (C=O) groups excluding carboxylic acids is 2. The van der Waals surface area contributed by atoms with Crippen LogP contribution in [0.5, 0.6) is 0 Å². The van der Waals surface area contributed by atoms with Crippen molar-refractivity contribution in [3.63, 3.8) is 0 Å². The summed E-state index contributed by atoms with van der Waals surface area (Å²) in [7, 11) is 0. The smallest absolute Gasteiger partial charge is 0.397 e. The van der Waals surface area contributed by atoms with Crippen LogP contribution in [0.3, 0.4) is 0 Å². The van der Waals surface area contributed by atoms with Crippen LogP contribution in [0.1, 0.15) is 27.9 Å². The molecular formula is C29H24F3N3O2. The van der Waals surface area contributed by atoms with Crippen molar-refractivity contribution in [3.05, 3.63) is 114 Å². The largest absolute Gasteiger partial charge is 0.416 e. The zero-order valence-electron chi connectivity index (χ0n) is 19.7. The molecule has 5 nitrogen and oxygen atoms in total. The molecule has 0 aliphatic rings. The number of rotatable bonds is 7. The third-order valence-corrected chi connectivity index (χ3v) is 5.78. The molecule has 8 heteroatoms. The molecule has 188 valence electrons. The van der Waals surface area contributed by atoms with E-state index in [0.717, 1.165) is 17.7 Å². The average molecular weight is 504 g/mol. The number of anilines is 3. The van der Waals surface area contributed by atoms with Crippen molar-refractivity contribution >= 4 is 28.9 Å². The third-order valence-electron chi connectivity index (χ3n) is 5.78. The minimum Gasteiger partial charge on any atom is -0.397 e. The van der Waals surface area contributed by atoms with Gasteiger partial charge in [0.2, 0.25) is 5.91 Å². The van der Waals surface area contributed by atoms with Crippen LogP contribution >= 0.6 is 0 Å². The summed E-state index contributed by atoms with van der Waals surface area (Å²) in [4.78, 5) is 25.2. The number of benzene rings is 4. The van der Waals surface area contributed by atoms with Crippen molar-refractivity contribution in [1.29, 1.82) is 0 Å². The zero-order chi connectivity index (χ0) is 26.4. The monoisotopic (exact) mass is 503 g/mol. The topological polar surface area (TPSA) is 84.2 Å². The van der Waals surface area contributed by atoms with Gasteiger partial charge in [-0.05, 0) is 65.6 Å². The molecule has 4 aromatic carbocycles. The highest BCUT2D eigenvalue weighted by molar-refractivity contribution is 6.08. The van der Waals surface area contributed by atoms with E-state index in [0.29, 0.717) is 40.2 Å². The van der Waals surface area contributed by atoms with Gasteiger partial charge in [0.1, 0.15) is 0 Å². The van der Waals surface area contributed by atoms with E-state index < -0.39 is 11.7 Å². The van der Waals surface area contributed by atoms with Crippen molar-refractivity contribution in [2.45, 2.75) is 19.0 Å². The lowest BCUT2D eigenvalue weighted by Gasteiger charge is -2.12. The second-order valence-corrected chi connectivity index (χ2v) is 8.41. The van der Waals surface area contributed by atoms with Crippen LogP contribution in [0, 0.1) is 0 Å². The fourth-order valence-corrected chi connectivity index (χ4v) is 3.81. The van der Waals surface area contributed by atoms with E-state index in [1.807, 2.05) is 12.1 Å². The first kappa shape index (κ1) is 25.5. The highest BCUT2D eigenvalue weighted by Crippen LogP contribution is 2.32. The van der Waals surface area contributed by atoms with E-state index in [4.69, 9.17) is 5.73 Å². The first-order valence-electron chi connectivity index (χ1n) is 11.5. The highest BCUT2D eigenvalue weighted by Gasteiger charge is 2.30. The maximum absolute atomic E-state index is 13.0. The number of nitrogen functional groups attached to an aromatic ring is 1. The summed E-state index contributed by atoms with van der Waals surface area (Å²) in [5, 5.41) is 5.61. The Bertz CT molecular complexity index is 1400. The Kier molecular flexibility index (Phi) is 7.57. The van der Waals surface area contributed by atoms with Gasteiger partial charge in [0.25, 0.3) is 5.91 Å². The van der Waals surface area contributed by atoms with Gasteiger partial charge in [-0.3, -0.25) is 9.59 Å². The molecule has 0 saturated heterocycles. The Morgan fingerprint density at radius 3 is 2.08 bits per heavy atom. The number of aryl methyl sites for hydroxylation is 1. The van der Waals surface area contributed by atoms with Gasteiger partial charge >= 0.3 is 6.18 Å². The van der Waals surface area contributed by atoms with Gasteiger partial charge in [-0.15, -0.1) is 0 Å². The van der Waals surface area contributed by atoms with Crippen molar-refractivity contribution in [2.24, 2.45) is 0 Å². The van der Waals surface area contributed by atoms with Gasteiger partial charge in [0, 0.05) is 17.7 Å². The fourth-order valence-electron chi connectivity index (χ4n) is 3.81. The van der Waals surface area contributed by atoms with E-state index in [9.17, 15) is 22.8 Å². The lowest BCUT2D eigenvalue weighted by atomic mass is 9.98. The molecule has 4 rings (SSSR count). The first-order chi connectivity index (χ1) is 17.7. The number of halogens is 3. The van der Waals surface area contributed by atoms with Gasteiger partial charge in [0.15, 0.2) is 0 Å². The second-order valence-electron chi connectivity index (χ2n) is 8.41. The summed E-state index contributed by atoms with van der Waals surface area (Å²) >= 11 is 0. The van der Waals surface area contributed by atoms with Crippen LogP contribution in [0.15, 0.2) is 97.1 Å². The van der Waals surface area contributed by atoms with E-state index in [1.54, 1.807) is 60.7 Å². The molecule has 4 N–H and O–H groups in total. The molecule has 0 radical (unpaired) electrons. The van der Waals surface area contributed by atoms with Gasteiger partial charge in [0.05, 0.1) is 16.9 Å². The Balaban J connectivity index is 1.38. The Morgan fingerprint density at radius 2 is 1.41 bits per heavy atom. The Hall–Kier alpha value is -4.59. The Labute approximate surface area is 212 Å². The number of alkyl halides is 3. The number of amides is 2. The minimum absolute atomic E-state index is 0.157. The van der Waals surface area contributed by atoms with E-state index in [-0.39, 0.29) is 18.2 Å². The fraction of sp³-hybridized carbons (Fsp3) is 0.103. The molecule has 4 aromatic rings. The molecule has 0 aromatic heterocycles. The summed E-state index contributed by atoms with van der Waals surface area (Å²) in [6.07, 6.45) is -3.66. The molecule has 0 heterocycles. The maximum Gasteiger partial charge on any atom is 0.416 e. The quantitative estimate of drug-likeness (QED) is 0.243. The number of nitrogens with two attached hydrogens (primary N) is 1. The lowest BCUT2D eigenvalue weighted by Crippen LogP contribution is -2.14. The van der Waals surface area contributed by atoms with E-state index >= 15 is 0 Å². The van der Waals surface area contributed by atoms with Crippen LogP contribution in [0.4, 0.5) is 30.2 Å². The predicted molar refractivity (Wildman–Crippen MR) is 139 cm³/mol. The SMILES string of the molecule is Nc1ccccc1NC(=O)CCc1ccc(NC(=O)c2ccccc2-c2ccc(C(F)(F)F)cc2)cc1. The Morgan fingerprint density at radius 1 is 0.757 bits per heavy atom. The number of nitrogens with one attached hydrogen (secondary N) is 2. The van der Waals surface area contributed by atoms with Crippen LogP contribution in [0.2, 0.25) is 0 Å². The van der Waals surface area contributed by atoms with Gasteiger partial charge in [-0.25, -0.2) is 0 Å². The van der Waals surface area contributed by atoms with Crippen molar-refractivity contribution in [2.75, 3.05) is 16.4 Å². The van der Waals surface area contributed by atoms with Gasteiger partial charge in [-0.2, -0.15) is 13.2 Å². The first-order valence-corrected chi connectivity index (χ1v) is 11.5. The predicted octanol–water partition coefficient (Wildman–Crippen LogP) is 6.78. The summed E-state index contributed by atoms with van der Waals surface area (Å²) in [5.41, 5.74) is 9.00. The molecule has 0 fully saturated rings. The van der Waals surface area contributed by atoms with Crippen LogP contribution in [-0.4, -0.2) is 11.8 Å². The lowest BCUT2D eigenvalue weighted by molar-refractivity contribution is -0.137. The zero-order valence-corrected chi connectivity index (χ0v) is 19.7. The summed E-state index contributed by atoms with van der Waals surface area (Å²) in [5.74, 6) is -0.543. The summed E-state index contributed by atoms with van der Waals surface area (Å²) in [6, 6.07) is 25.6. The van der Waals surface area contributed by atoms with E-state index in [2.05, 4.69) is 10.6 Å². The third kappa shape index (κ3) is 6.55. The number of carbonyl (C=O) groups is 2. The molecule has 0 spiro atoms. The van der Waals surface area contributed by atoms with Crippen molar-refractivity contribution < 1.29 is 22.8 Å².